The highest BCUT2D eigenvalue weighted by Gasteiger charge is 2.15. The van der Waals surface area contributed by atoms with Crippen molar-refractivity contribution in [2.75, 3.05) is 19.6 Å². The molecule has 15 heavy (non-hydrogen) atoms. The summed E-state index contributed by atoms with van der Waals surface area (Å²) in [5, 5.41) is 15.5. The molecule has 1 atom stereocenters. The summed E-state index contributed by atoms with van der Waals surface area (Å²) >= 11 is 0. The zero-order chi connectivity index (χ0) is 9.97. The second-order valence-corrected chi connectivity index (χ2v) is 3.42. The zero-order valence-electron chi connectivity index (χ0n) is 8.16. The van der Waals surface area contributed by atoms with E-state index in [9.17, 15) is 4.39 Å². The molecular formula is C10H14ClFN2O. The van der Waals surface area contributed by atoms with E-state index >= 15 is 0 Å². The maximum atomic E-state index is 13.0. The van der Waals surface area contributed by atoms with Crippen molar-refractivity contribution in [1.29, 1.82) is 0 Å². The number of benzene rings is 1. The molecular weight excluding hydrogens is 219 g/mol. The molecule has 3 N–H and O–H groups in total. The third-order valence-electron chi connectivity index (χ3n) is 2.42. The van der Waals surface area contributed by atoms with E-state index in [-0.39, 0.29) is 24.2 Å². The molecule has 1 aromatic carbocycles. The molecule has 0 saturated carbocycles. The van der Waals surface area contributed by atoms with Gasteiger partial charge in [0.1, 0.15) is 0 Å². The van der Waals surface area contributed by atoms with Gasteiger partial charge in [0.05, 0.1) is 0 Å². The van der Waals surface area contributed by atoms with Crippen LogP contribution in [0.4, 0.5) is 4.39 Å². The van der Waals surface area contributed by atoms with Crippen molar-refractivity contribution in [2.45, 2.75) is 6.04 Å². The molecule has 0 bridgehead atoms. The largest absolute Gasteiger partial charge is 0.505 e. The lowest BCUT2D eigenvalue weighted by molar-refractivity contribution is 0.417. The Labute approximate surface area is 94.1 Å². The Kier molecular flexibility index (Phi) is 4.32. The Morgan fingerprint density at radius 3 is 2.73 bits per heavy atom. The van der Waals surface area contributed by atoms with Crippen LogP contribution >= 0.6 is 12.4 Å². The summed E-state index contributed by atoms with van der Waals surface area (Å²) in [6, 6.07) is 4.64. The van der Waals surface area contributed by atoms with Crippen LogP contribution in [0.1, 0.15) is 11.6 Å². The van der Waals surface area contributed by atoms with E-state index in [2.05, 4.69) is 10.6 Å². The van der Waals surface area contributed by atoms with Gasteiger partial charge >= 0.3 is 0 Å². The third kappa shape index (κ3) is 2.81. The quantitative estimate of drug-likeness (QED) is 0.682. The Bertz CT molecular complexity index is 329. The second-order valence-electron chi connectivity index (χ2n) is 3.42. The molecule has 1 aliphatic rings. The van der Waals surface area contributed by atoms with Crippen LogP contribution in [-0.4, -0.2) is 24.7 Å². The molecule has 0 spiro atoms. The van der Waals surface area contributed by atoms with E-state index < -0.39 is 5.82 Å². The molecule has 1 heterocycles. The Morgan fingerprint density at radius 1 is 1.33 bits per heavy atom. The molecule has 1 fully saturated rings. The molecule has 3 nitrogen and oxygen atoms in total. The van der Waals surface area contributed by atoms with Crippen LogP contribution in [0.5, 0.6) is 5.75 Å². The summed E-state index contributed by atoms with van der Waals surface area (Å²) in [5.74, 6) is -0.854. The number of rotatable bonds is 1. The fourth-order valence-corrected chi connectivity index (χ4v) is 1.63. The van der Waals surface area contributed by atoms with Crippen LogP contribution in [0, 0.1) is 5.82 Å². The summed E-state index contributed by atoms with van der Waals surface area (Å²) in [4.78, 5) is 0. The van der Waals surface area contributed by atoms with Crippen molar-refractivity contribution in [2.24, 2.45) is 0 Å². The van der Waals surface area contributed by atoms with E-state index in [4.69, 9.17) is 5.11 Å². The Hall–Kier alpha value is -0.840. The molecule has 2 rings (SSSR count). The van der Waals surface area contributed by atoms with Crippen LogP contribution in [0.25, 0.3) is 0 Å². The van der Waals surface area contributed by atoms with Crippen molar-refractivity contribution in [3.05, 3.63) is 29.6 Å². The van der Waals surface area contributed by atoms with Crippen LogP contribution in [0.3, 0.4) is 0 Å². The number of phenols is 1. The van der Waals surface area contributed by atoms with Gasteiger partial charge in [-0.1, -0.05) is 6.07 Å². The van der Waals surface area contributed by atoms with Gasteiger partial charge in [-0.25, -0.2) is 4.39 Å². The predicted molar refractivity (Wildman–Crippen MR) is 58.9 cm³/mol. The second kappa shape index (κ2) is 5.30. The van der Waals surface area contributed by atoms with E-state index in [0.29, 0.717) is 0 Å². The van der Waals surface area contributed by atoms with Gasteiger partial charge in [-0.05, 0) is 17.7 Å². The maximum Gasteiger partial charge on any atom is 0.165 e. The summed E-state index contributed by atoms with van der Waals surface area (Å²) in [6.07, 6.45) is 0. The summed E-state index contributed by atoms with van der Waals surface area (Å²) in [6.45, 7) is 2.62. The number of hydrogen-bond acceptors (Lipinski definition) is 3. The van der Waals surface area contributed by atoms with Gasteiger partial charge in [-0.2, -0.15) is 0 Å². The van der Waals surface area contributed by atoms with Crippen LogP contribution in [-0.2, 0) is 0 Å². The monoisotopic (exact) mass is 232 g/mol. The van der Waals surface area contributed by atoms with E-state index in [1.807, 2.05) is 0 Å². The molecule has 5 heteroatoms. The Balaban J connectivity index is 0.00000112. The zero-order valence-corrected chi connectivity index (χ0v) is 8.98. The lowest BCUT2D eigenvalue weighted by Gasteiger charge is -2.24. The topological polar surface area (TPSA) is 44.3 Å². The minimum atomic E-state index is -0.560. The van der Waals surface area contributed by atoms with E-state index in [0.717, 1.165) is 25.2 Å². The van der Waals surface area contributed by atoms with Gasteiger partial charge in [0.25, 0.3) is 0 Å². The first-order valence-corrected chi connectivity index (χ1v) is 4.70. The highest BCUT2D eigenvalue weighted by Crippen LogP contribution is 2.21. The average molecular weight is 233 g/mol. The fraction of sp³-hybridized carbons (Fsp3) is 0.400. The number of aromatic hydroxyl groups is 1. The highest BCUT2D eigenvalue weighted by molar-refractivity contribution is 5.85. The van der Waals surface area contributed by atoms with Crippen LogP contribution in [0.15, 0.2) is 18.2 Å². The molecule has 1 aliphatic heterocycles. The maximum absolute atomic E-state index is 13.0. The standard InChI is InChI=1S/C10H13FN2O.ClH/c11-8-5-7(1-2-10(8)14)9-6-12-3-4-13-9;/h1-2,5,9,12-14H,3-4,6H2;1H/t9-;/m0./s1. The third-order valence-corrected chi connectivity index (χ3v) is 2.42. The number of piperazine rings is 1. The Morgan fingerprint density at radius 2 is 2.13 bits per heavy atom. The molecule has 0 aliphatic carbocycles. The number of phenolic OH excluding ortho intramolecular Hbond substituents is 1. The minimum Gasteiger partial charge on any atom is -0.505 e. The number of hydrogen-bond donors (Lipinski definition) is 3. The van der Waals surface area contributed by atoms with Crippen molar-refractivity contribution in [1.82, 2.24) is 10.6 Å². The van der Waals surface area contributed by atoms with Crippen molar-refractivity contribution in [3.8, 4) is 5.75 Å². The van der Waals surface area contributed by atoms with Crippen molar-refractivity contribution in [3.63, 3.8) is 0 Å². The molecule has 0 unspecified atom stereocenters. The van der Waals surface area contributed by atoms with Crippen molar-refractivity contribution >= 4 is 12.4 Å². The summed E-state index contributed by atoms with van der Waals surface area (Å²) in [5.41, 5.74) is 0.868. The first-order valence-electron chi connectivity index (χ1n) is 4.70. The molecule has 1 aromatic rings. The normalized spacial score (nSPS) is 20.7. The number of nitrogens with one attached hydrogen (secondary N) is 2. The molecule has 0 aromatic heterocycles. The molecule has 0 amide bonds. The first-order chi connectivity index (χ1) is 6.77. The van der Waals surface area contributed by atoms with Gasteiger partial charge in [0, 0.05) is 25.7 Å². The van der Waals surface area contributed by atoms with Gasteiger partial charge in [-0.15, -0.1) is 12.4 Å². The predicted octanol–water partition coefficient (Wildman–Crippen LogP) is 1.19. The van der Waals surface area contributed by atoms with Gasteiger partial charge in [-0.3, -0.25) is 0 Å². The van der Waals surface area contributed by atoms with Gasteiger partial charge in [0.2, 0.25) is 0 Å². The lowest BCUT2D eigenvalue weighted by Crippen LogP contribution is -2.42. The van der Waals surface area contributed by atoms with Gasteiger partial charge in [0.15, 0.2) is 11.6 Å². The van der Waals surface area contributed by atoms with Crippen molar-refractivity contribution < 1.29 is 9.50 Å². The molecule has 1 saturated heterocycles. The molecule has 84 valence electrons. The molecule has 0 radical (unpaired) electrons. The van der Waals surface area contributed by atoms with E-state index in [1.54, 1.807) is 6.07 Å². The smallest absolute Gasteiger partial charge is 0.165 e. The SMILES string of the molecule is Cl.Oc1ccc([C@@H]2CNCCN2)cc1F. The number of halogens is 2. The average Bonchev–Trinajstić information content (AvgIpc) is 2.23. The minimum absolute atomic E-state index is 0. The van der Waals surface area contributed by atoms with Crippen LogP contribution < -0.4 is 10.6 Å². The van der Waals surface area contributed by atoms with Gasteiger partial charge < -0.3 is 15.7 Å². The summed E-state index contributed by atoms with van der Waals surface area (Å²) < 4.78 is 13.0. The highest BCUT2D eigenvalue weighted by atomic mass is 35.5. The lowest BCUT2D eigenvalue weighted by atomic mass is 10.1. The first kappa shape index (κ1) is 12.2. The van der Waals surface area contributed by atoms with Crippen LogP contribution in [0.2, 0.25) is 0 Å². The van der Waals surface area contributed by atoms with E-state index in [1.165, 1.54) is 12.1 Å². The fourth-order valence-electron chi connectivity index (χ4n) is 1.63. The summed E-state index contributed by atoms with van der Waals surface area (Å²) in [7, 11) is 0.